The van der Waals surface area contributed by atoms with E-state index in [0.29, 0.717) is 5.91 Å². The molecule has 126 valence electrons. The van der Waals surface area contributed by atoms with Gasteiger partial charge in [0.1, 0.15) is 0 Å². The van der Waals surface area contributed by atoms with Crippen molar-refractivity contribution in [2.45, 2.75) is 32.1 Å². The van der Waals surface area contributed by atoms with E-state index in [1.54, 1.807) is 4.90 Å². The molecule has 6 heteroatoms. The molecule has 0 aliphatic carbocycles. The van der Waals surface area contributed by atoms with Crippen molar-refractivity contribution in [1.82, 2.24) is 15.2 Å². The summed E-state index contributed by atoms with van der Waals surface area (Å²) < 4.78 is 0. The van der Waals surface area contributed by atoms with Gasteiger partial charge in [-0.15, -0.1) is 24.8 Å². The first kappa shape index (κ1) is 21.2. The van der Waals surface area contributed by atoms with E-state index in [-0.39, 0.29) is 30.2 Å². The largest absolute Gasteiger partial charge is 0.348 e. The molecule has 0 atom stereocenters. The lowest BCUT2D eigenvalue weighted by Gasteiger charge is -2.38. The van der Waals surface area contributed by atoms with Crippen LogP contribution in [0.25, 0.3) is 0 Å². The fraction of sp³-hybridized carbons (Fsp3) is 0.625. The highest BCUT2D eigenvalue weighted by atomic mass is 35.5. The Morgan fingerprint density at radius 3 is 2.50 bits per heavy atom. The van der Waals surface area contributed by atoms with Crippen molar-refractivity contribution in [3.63, 3.8) is 0 Å². The van der Waals surface area contributed by atoms with Crippen LogP contribution in [0, 0.1) is 5.41 Å². The fourth-order valence-electron chi connectivity index (χ4n) is 3.10. The van der Waals surface area contributed by atoms with Crippen LogP contribution >= 0.6 is 24.8 Å². The molecule has 4 nitrogen and oxygen atoms in total. The van der Waals surface area contributed by atoms with Crippen molar-refractivity contribution in [1.29, 1.82) is 0 Å². The summed E-state index contributed by atoms with van der Waals surface area (Å²) in [5.41, 5.74) is 0.956. The summed E-state index contributed by atoms with van der Waals surface area (Å²) in [6.07, 6.45) is 6.68. The number of halogens is 2. The zero-order valence-electron chi connectivity index (χ0n) is 13.4. The van der Waals surface area contributed by atoms with Gasteiger partial charge in [0.2, 0.25) is 5.91 Å². The Bertz CT molecular complexity index is 434. The van der Waals surface area contributed by atoms with Gasteiger partial charge in [0.25, 0.3) is 0 Å². The SMILES string of the molecule is CN(C)C(=O)C1(CCCc2ccccn2)CCNCC1.Cl.Cl. The summed E-state index contributed by atoms with van der Waals surface area (Å²) >= 11 is 0. The monoisotopic (exact) mass is 347 g/mol. The molecule has 0 saturated carbocycles. The van der Waals surface area contributed by atoms with Gasteiger partial charge in [0, 0.05) is 26.0 Å². The van der Waals surface area contributed by atoms with Gasteiger partial charge in [-0.25, -0.2) is 0 Å². The predicted octanol–water partition coefficient (Wildman–Crippen LogP) is 2.71. The highest BCUT2D eigenvalue weighted by molar-refractivity contribution is 5.85. The number of nitrogens with zero attached hydrogens (tertiary/aromatic N) is 2. The number of aromatic nitrogens is 1. The molecule has 0 bridgehead atoms. The minimum atomic E-state index is -0.163. The first-order valence-electron chi connectivity index (χ1n) is 7.46. The minimum Gasteiger partial charge on any atom is -0.348 e. The van der Waals surface area contributed by atoms with E-state index < -0.39 is 0 Å². The molecule has 0 unspecified atom stereocenters. The minimum absolute atomic E-state index is 0. The second-order valence-electron chi connectivity index (χ2n) is 5.90. The van der Waals surface area contributed by atoms with Gasteiger partial charge in [-0.1, -0.05) is 6.07 Å². The Labute approximate surface area is 145 Å². The van der Waals surface area contributed by atoms with Crippen LogP contribution in [0.3, 0.4) is 0 Å². The molecule has 2 rings (SSSR count). The number of rotatable bonds is 5. The van der Waals surface area contributed by atoms with Gasteiger partial charge < -0.3 is 10.2 Å². The Morgan fingerprint density at radius 1 is 1.27 bits per heavy atom. The number of nitrogens with one attached hydrogen (secondary N) is 1. The Hall–Kier alpha value is -0.840. The summed E-state index contributed by atoms with van der Waals surface area (Å²) in [6, 6.07) is 6.02. The van der Waals surface area contributed by atoms with Gasteiger partial charge >= 0.3 is 0 Å². The number of aryl methyl sites for hydroxylation is 1. The normalized spacial score (nSPS) is 16.1. The summed E-state index contributed by atoms with van der Waals surface area (Å²) in [5, 5.41) is 3.36. The van der Waals surface area contributed by atoms with Crippen LogP contribution < -0.4 is 5.32 Å². The van der Waals surface area contributed by atoms with E-state index >= 15 is 0 Å². The molecular formula is C16H27Cl2N3O. The molecule has 1 saturated heterocycles. The van der Waals surface area contributed by atoms with E-state index in [1.807, 2.05) is 32.4 Å². The molecule has 1 aromatic rings. The van der Waals surface area contributed by atoms with Crippen molar-refractivity contribution in [2.75, 3.05) is 27.2 Å². The molecule has 1 fully saturated rings. The number of pyridine rings is 1. The van der Waals surface area contributed by atoms with Gasteiger partial charge in [-0.3, -0.25) is 9.78 Å². The second-order valence-corrected chi connectivity index (χ2v) is 5.90. The van der Waals surface area contributed by atoms with Crippen molar-refractivity contribution < 1.29 is 4.79 Å². The second kappa shape index (κ2) is 10.0. The van der Waals surface area contributed by atoms with Crippen molar-refractivity contribution in [2.24, 2.45) is 5.41 Å². The smallest absolute Gasteiger partial charge is 0.228 e. The number of hydrogen-bond donors (Lipinski definition) is 1. The summed E-state index contributed by atoms with van der Waals surface area (Å²) in [6.45, 7) is 1.90. The third-order valence-electron chi connectivity index (χ3n) is 4.23. The maximum atomic E-state index is 12.5. The molecule has 1 aromatic heterocycles. The topological polar surface area (TPSA) is 45.2 Å². The molecule has 0 radical (unpaired) electrons. The highest BCUT2D eigenvalue weighted by Gasteiger charge is 2.39. The molecule has 1 aliphatic heterocycles. The lowest BCUT2D eigenvalue weighted by atomic mass is 9.73. The first-order chi connectivity index (χ1) is 9.64. The van der Waals surface area contributed by atoms with E-state index in [4.69, 9.17) is 0 Å². The van der Waals surface area contributed by atoms with Gasteiger partial charge in [0.15, 0.2) is 0 Å². The lowest BCUT2D eigenvalue weighted by molar-refractivity contribution is -0.141. The maximum absolute atomic E-state index is 12.5. The molecule has 22 heavy (non-hydrogen) atoms. The standard InChI is InChI=1S/C16H25N3O.2ClH/c1-19(2)15(20)16(9-12-17-13-10-16)8-5-7-14-6-3-4-11-18-14;;/h3-4,6,11,17H,5,7-10,12-13H2,1-2H3;2*1H. The first-order valence-corrected chi connectivity index (χ1v) is 7.46. The van der Waals surface area contributed by atoms with E-state index in [0.717, 1.165) is 50.9 Å². The summed E-state index contributed by atoms with van der Waals surface area (Å²) in [5.74, 6) is 0.292. The van der Waals surface area contributed by atoms with Gasteiger partial charge in [0.05, 0.1) is 5.41 Å². The fourth-order valence-corrected chi connectivity index (χ4v) is 3.10. The summed E-state index contributed by atoms with van der Waals surface area (Å²) in [7, 11) is 3.73. The predicted molar refractivity (Wildman–Crippen MR) is 94.9 cm³/mol. The molecule has 2 heterocycles. The van der Waals surface area contributed by atoms with Gasteiger partial charge in [-0.2, -0.15) is 0 Å². The molecule has 1 amide bonds. The van der Waals surface area contributed by atoms with Crippen LogP contribution in [-0.2, 0) is 11.2 Å². The van der Waals surface area contributed by atoms with Crippen molar-refractivity contribution in [3.8, 4) is 0 Å². The Morgan fingerprint density at radius 2 is 1.95 bits per heavy atom. The van der Waals surface area contributed by atoms with Crippen molar-refractivity contribution in [3.05, 3.63) is 30.1 Å². The average molecular weight is 348 g/mol. The third kappa shape index (κ3) is 5.41. The molecule has 1 N–H and O–H groups in total. The van der Waals surface area contributed by atoms with Crippen LogP contribution in [0.4, 0.5) is 0 Å². The zero-order chi connectivity index (χ0) is 14.4. The average Bonchev–Trinajstić information content (AvgIpc) is 2.48. The van der Waals surface area contributed by atoms with E-state index in [2.05, 4.69) is 16.4 Å². The number of carbonyl (C=O) groups excluding carboxylic acids is 1. The van der Waals surface area contributed by atoms with Gasteiger partial charge in [-0.05, 0) is 57.3 Å². The van der Waals surface area contributed by atoms with Crippen LogP contribution in [-0.4, -0.2) is 43.0 Å². The van der Waals surface area contributed by atoms with Crippen LogP contribution in [0.2, 0.25) is 0 Å². The molecule has 0 spiro atoms. The molecular weight excluding hydrogens is 321 g/mol. The van der Waals surface area contributed by atoms with Crippen LogP contribution in [0.15, 0.2) is 24.4 Å². The van der Waals surface area contributed by atoms with E-state index in [1.165, 1.54) is 0 Å². The Kier molecular flexibility index (Phi) is 9.65. The number of carbonyl (C=O) groups is 1. The number of piperidine rings is 1. The maximum Gasteiger partial charge on any atom is 0.228 e. The third-order valence-corrected chi connectivity index (χ3v) is 4.23. The Balaban J connectivity index is 0.00000220. The van der Waals surface area contributed by atoms with Crippen LogP contribution in [0.5, 0.6) is 0 Å². The number of amides is 1. The number of hydrogen-bond acceptors (Lipinski definition) is 3. The quantitative estimate of drug-likeness (QED) is 0.890. The summed E-state index contributed by atoms with van der Waals surface area (Å²) in [4.78, 5) is 18.7. The zero-order valence-corrected chi connectivity index (χ0v) is 15.0. The van der Waals surface area contributed by atoms with E-state index in [9.17, 15) is 4.79 Å². The highest BCUT2D eigenvalue weighted by Crippen LogP contribution is 2.36. The van der Waals surface area contributed by atoms with Crippen molar-refractivity contribution >= 4 is 30.7 Å². The molecule has 1 aliphatic rings. The van der Waals surface area contributed by atoms with Crippen LogP contribution in [0.1, 0.15) is 31.4 Å². The lowest BCUT2D eigenvalue weighted by Crippen LogP contribution is -2.47. The molecule has 0 aromatic carbocycles.